The van der Waals surface area contributed by atoms with E-state index in [-0.39, 0.29) is 18.3 Å². The van der Waals surface area contributed by atoms with Crippen LogP contribution in [-0.2, 0) is 14.3 Å². The van der Waals surface area contributed by atoms with Gasteiger partial charge in [0.15, 0.2) is 18.1 Å². The van der Waals surface area contributed by atoms with Crippen LogP contribution in [0.3, 0.4) is 0 Å². The second kappa shape index (κ2) is 11.5. The molecule has 1 N–H and O–H groups in total. The van der Waals surface area contributed by atoms with Gasteiger partial charge in [0.05, 0.1) is 26.4 Å². The van der Waals surface area contributed by atoms with Crippen molar-refractivity contribution in [3.05, 3.63) is 53.6 Å². The fourth-order valence-electron chi connectivity index (χ4n) is 2.41. The molecule has 160 valence electrons. The maximum Gasteiger partial charge on any atom is 0.343 e. The van der Waals surface area contributed by atoms with Gasteiger partial charge < -0.3 is 24.3 Å². The lowest BCUT2D eigenvalue weighted by molar-refractivity contribution is -0.142. The van der Waals surface area contributed by atoms with Crippen LogP contribution in [0.1, 0.15) is 40.5 Å². The Bertz CT molecular complexity index is 878. The van der Waals surface area contributed by atoms with Crippen molar-refractivity contribution in [3.63, 3.8) is 0 Å². The molecule has 0 aromatic heterocycles. The van der Waals surface area contributed by atoms with Gasteiger partial charge in [0.2, 0.25) is 0 Å². The molecular formula is C22H25NO7. The molecule has 8 nitrogen and oxygen atoms in total. The Morgan fingerprint density at radius 3 is 2.27 bits per heavy atom. The molecule has 1 amide bonds. The first kappa shape index (κ1) is 22.7. The highest BCUT2D eigenvalue weighted by molar-refractivity contribution is 6.05. The highest BCUT2D eigenvalue weighted by Gasteiger charge is 2.14. The number of rotatable bonds is 10. The topological polar surface area (TPSA) is 100 Å². The number of hydrogen-bond acceptors (Lipinski definition) is 7. The number of esters is 2. The van der Waals surface area contributed by atoms with E-state index in [1.54, 1.807) is 36.4 Å². The number of methoxy groups -OCH3 is 2. The van der Waals surface area contributed by atoms with Crippen molar-refractivity contribution in [2.24, 2.45) is 0 Å². The number of unbranched alkanes of at least 4 members (excludes halogenated alkanes) is 1. The van der Waals surface area contributed by atoms with Crippen LogP contribution in [0.15, 0.2) is 42.5 Å². The van der Waals surface area contributed by atoms with E-state index in [4.69, 9.17) is 14.2 Å². The Kier molecular flexibility index (Phi) is 8.68. The lowest BCUT2D eigenvalue weighted by Crippen LogP contribution is -2.15. The molecule has 0 atom stereocenters. The molecule has 0 unspecified atom stereocenters. The molecule has 0 fully saturated rings. The summed E-state index contributed by atoms with van der Waals surface area (Å²) in [6, 6.07) is 11.0. The van der Waals surface area contributed by atoms with Gasteiger partial charge in [-0.05, 0) is 48.9 Å². The van der Waals surface area contributed by atoms with Crippen molar-refractivity contribution in [2.75, 3.05) is 32.8 Å². The zero-order valence-corrected chi connectivity index (χ0v) is 17.2. The maximum atomic E-state index is 12.6. The molecule has 0 radical (unpaired) electrons. The van der Waals surface area contributed by atoms with Gasteiger partial charge in [0, 0.05) is 11.3 Å². The summed E-state index contributed by atoms with van der Waals surface area (Å²) < 4.78 is 20.3. The van der Waals surface area contributed by atoms with E-state index in [0.717, 1.165) is 12.8 Å². The molecule has 0 spiro atoms. The molecular weight excluding hydrogens is 390 g/mol. The van der Waals surface area contributed by atoms with E-state index in [2.05, 4.69) is 10.1 Å². The van der Waals surface area contributed by atoms with Crippen molar-refractivity contribution in [1.82, 2.24) is 0 Å². The van der Waals surface area contributed by atoms with E-state index in [1.165, 1.54) is 20.3 Å². The molecule has 0 bridgehead atoms. The van der Waals surface area contributed by atoms with Crippen LogP contribution >= 0.6 is 0 Å². The predicted octanol–water partition coefficient (Wildman–Crippen LogP) is 3.46. The standard InChI is InChI=1S/C22H25NO7/c1-4-5-12-29-22(26)15-6-9-17(10-7-15)23-21(25)16-8-11-18(27-2)19(13-16)30-14-20(24)28-3/h6-11,13H,4-5,12,14H2,1-3H3,(H,23,25). The molecule has 0 saturated heterocycles. The van der Waals surface area contributed by atoms with Crippen LogP contribution in [-0.4, -0.2) is 45.3 Å². The summed E-state index contributed by atoms with van der Waals surface area (Å²) in [6.07, 6.45) is 1.76. The van der Waals surface area contributed by atoms with Crippen molar-refractivity contribution in [1.29, 1.82) is 0 Å². The Morgan fingerprint density at radius 1 is 0.933 bits per heavy atom. The zero-order valence-electron chi connectivity index (χ0n) is 17.2. The third-order valence-corrected chi connectivity index (χ3v) is 4.11. The summed E-state index contributed by atoms with van der Waals surface area (Å²) in [4.78, 5) is 35.8. The Morgan fingerprint density at radius 2 is 1.63 bits per heavy atom. The second-order valence-electron chi connectivity index (χ2n) is 6.25. The normalized spacial score (nSPS) is 10.1. The Balaban J connectivity index is 2.04. The third-order valence-electron chi connectivity index (χ3n) is 4.11. The predicted molar refractivity (Wildman–Crippen MR) is 110 cm³/mol. The molecule has 30 heavy (non-hydrogen) atoms. The minimum Gasteiger partial charge on any atom is -0.493 e. The van der Waals surface area contributed by atoms with Crippen LogP contribution < -0.4 is 14.8 Å². The van der Waals surface area contributed by atoms with Gasteiger partial charge in [-0.15, -0.1) is 0 Å². The smallest absolute Gasteiger partial charge is 0.343 e. The Hall–Kier alpha value is -3.55. The van der Waals surface area contributed by atoms with E-state index in [1.807, 2.05) is 6.92 Å². The van der Waals surface area contributed by atoms with Crippen molar-refractivity contribution in [3.8, 4) is 11.5 Å². The molecule has 2 rings (SSSR count). The number of amides is 1. The van der Waals surface area contributed by atoms with Crippen LogP contribution in [0.4, 0.5) is 5.69 Å². The molecule has 0 aliphatic rings. The fourth-order valence-corrected chi connectivity index (χ4v) is 2.41. The lowest BCUT2D eigenvalue weighted by Gasteiger charge is -2.12. The highest BCUT2D eigenvalue weighted by Crippen LogP contribution is 2.28. The van der Waals surface area contributed by atoms with Crippen LogP contribution in [0.25, 0.3) is 0 Å². The molecule has 0 saturated carbocycles. The number of nitrogens with one attached hydrogen (secondary N) is 1. The summed E-state index contributed by atoms with van der Waals surface area (Å²) in [5.74, 6) is -0.731. The molecule has 8 heteroatoms. The monoisotopic (exact) mass is 415 g/mol. The number of carbonyl (C=O) groups excluding carboxylic acids is 3. The first-order valence-corrected chi connectivity index (χ1v) is 9.44. The van der Waals surface area contributed by atoms with Gasteiger partial charge in [-0.2, -0.15) is 0 Å². The lowest BCUT2D eigenvalue weighted by atomic mass is 10.1. The SMILES string of the molecule is CCCCOC(=O)c1ccc(NC(=O)c2ccc(OC)c(OCC(=O)OC)c2)cc1. The number of anilines is 1. The summed E-state index contributed by atoms with van der Waals surface area (Å²) in [5.41, 5.74) is 1.23. The Labute approximate surface area is 175 Å². The zero-order chi connectivity index (χ0) is 21.9. The minimum absolute atomic E-state index is 0.237. The van der Waals surface area contributed by atoms with Gasteiger partial charge in [0.1, 0.15) is 0 Å². The van der Waals surface area contributed by atoms with Crippen LogP contribution in [0, 0.1) is 0 Å². The average molecular weight is 415 g/mol. The van der Waals surface area contributed by atoms with E-state index in [9.17, 15) is 14.4 Å². The van der Waals surface area contributed by atoms with Crippen LogP contribution in [0.5, 0.6) is 11.5 Å². The van der Waals surface area contributed by atoms with Gasteiger partial charge >= 0.3 is 11.9 Å². The van der Waals surface area contributed by atoms with E-state index < -0.39 is 11.9 Å². The van der Waals surface area contributed by atoms with E-state index >= 15 is 0 Å². The molecule has 2 aromatic carbocycles. The summed E-state index contributed by atoms with van der Waals surface area (Å²) >= 11 is 0. The average Bonchev–Trinajstić information content (AvgIpc) is 2.77. The fraction of sp³-hybridized carbons (Fsp3) is 0.318. The first-order chi connectivity index (χ1) is 14.5. The number of benzene rings is 2. The molecule has 0 heterocycles. The molecule has 0 aliphatic heterocycles. The quantitative estimate of drug-likeness (QED) is 0.468. The number of hydrogen-bond donors (Lipinski definition) is 1. The summed E-state index contributed by atoms with van der Waals surface area (Å²) in [7, 11) is 2.71. The second-order valence-corrected chi connectivity index (χ2v) is 6.25. The minimum atomic E-state index is -0.555. The number of carbonyl (C=O) groups is 3. The van der Waals surface area contributed by atoms with Gasteiger partial charge in [0.25, 0.3) is 5.91 Å². The first-order valence-electron chi connectivity index (χ1n) is 9.44. The van der Waals surface area contributed by atoms with Crippen molar-refractivity contribution < 1.29 is 33.3 Å². The van der Waals surface area contributed by atoms with Gasteiger partial charge in [-0.1, -0.05) is 13.3 Å². The van der Waals surface area contributed by atoms with Crippen molar-refractivity contribution in [2.45, 2.75) is 19.8 Å². The van der Waals surface area contributed by atoms with Crippen LogP contribution in [0.2, 0.25) is 0 Å². The summed E-state index contributed by atoms with van der Waals surface area (Å²) in [6.45, 7) is 2.09. The van der Waals surface area contributed by atoms with Gasteiger partial charge in [-0.25, -0.2) is 9.59 Å². The molecule has 2 aromatic rings. The van der Waals surface area contributed by atoms with Crippen molar-refractivity contribution >= 4 is 23.5 Å². The summed E-state index contributed by atoms with van der Waals surface area (Å²) in [5, 5.41) is 2.74. The molecule has 0 aliphatic carbocycles. The highest BCUT2D eigenvalue weighted by atomic mass is 16.6. The van der Waals surface area contributed by atoms with E-state index in [0.29, 0.717) is 29.2 Å². The largest absolute Gasteiger partial charge is 0.493 e. The maximum absolute atomic E-state index is 12.6. The van der Waals surface area contributed by atoms with Gasteiger partial charge in [-0.3, -0.25) is 4.79 Å². The number of ether oxygens (including phenoxy) is 4. The third kappa shape index (κ3) is 6.51.